The molecule has 0 bridgehead atoms. The van der Waals surface area contributed by atoms with Crippen LogP contribution in [0, 0.1) is 5.92 Å². The van der Waals surface area contributed by atoms with Gasteiger partial charge in [-0.05, 0) is 40.4 Å². The Kier molecular flexibility index (Phi) is 5.85. The van der Waals surface area contributed by atoms with Crippen LogP contribution in [0.4, 0.5) is 0 Å². The van der Waals surface area contributed by atoms with Crippen molar-refractivity contribution in [3.8, 4) is 0 Å². The van der Waals surface area contributed by atoms with Crippen LogP contribution in [0.2, 0.25) is 0 Å². The first kappa shape index (κ1) is 19.1. The molecule has 0 saturated heterocycles. The molecule has 24 heavy (non-hydrogen) atoms. The molecule has 0 amide bonds. The van der Waals surface area contributed by atoms with Crippen molar-refractivity contribution in [2.75, 3.05) is 0 Å². The average molecular weight is 347 g/mol. The van der Waals surface area contributed by atoms with Gasteiger partial charge in [-0.15, -0.1) is 0 Å². The van der Waals surface area contributed by atoms with Gasteiger partial charge >= 0.3 is 0 Å². The van der Waals surface area contributed by atoms with Gasteiger partial charge in [-0.25, -0.2) is 4.21 Å². The van der Waals surface area contributed by atoms with E-state index in [9.17, 15) is 9.00 Å². The van der Waals surface area contributed by atoms with E-state index >= 15 is 0 Å². The van der Waals surface area contributed by atoms with Crippen molar-refractivity contribution in [1.82, 2.24) is 0 Å². The summed E-state index contributed by atoms with van der Waals surface area (Å²) in [5.41, 5.74) is 3.52. The van der Waals surface area contributed by atoms with E-state index in [4.69, 9.17) is 0 Å². The molecular formula is C21H30O2S. The van der Waals surface area contributed by atoms with Crippen LogP contribution < -0.4 is 0 Å². The zero-order valence-corrected chi connectivity index (χ0v) is 16.8. The van der Waals surface area contributed by atoms with Crippen LogP contribution in [-0.4, -0.2) is 9.99 Å². The summed E-state index contributed by atoms with van der Waals surface area (Å²) in [5, 5.41) is 0. The largest absolute Gasteiger partial charge is 0.293 e. The van der Waals surface area contributed by atoms with E-state index in [0.717, 1.165) is 16.0 Å². The highest BCUT2D eigenvalue weighted by molar-refractivity contribution is 7.90. The van der Waals surface area contributed by atoms with E-state index in [0.29, 0.717) is 17.2 Å². The van der Waals surface area contributed by atoms with Gasteiger partial charge in [0.1, 0.15) is 0 Å². The summed E-state index contributed by atoms with van der Waals surface area (Å²) >= 11 is 0. The molecule has 1 aromatic rings. The highest BCUT2D eigenvalue weighted by Gasteiger charge is 2.30. The second-order valence-electron chi connectivity index (χ2n) is 7.90. The van der Waals surface area contributed by atoms with Crippen LogP contribution in [0.5, 0.6) is 0 Å². The molecule has 0 radical (unpaired) electrons. The lowest BCUT2D eigenvalue weighted by Gasteiger charge is -2.22. The van der Waals surface area contributed by atoms with Crippen molar-refractivity contribution in [3.05, 3.63) is 39.8 Å². The van der Waals surface area contributed by atoms with Crippen LogP contribution in [-0.2, 0) is 15.6 Å². The predicted molar refractivity (Wildman–Crippen MR) is 102 cm³/mol. The van der Waals surface area contributed by atoms with E-state index in [-0.39, 0.29) is 23.5 Å². The van der Waals surface area contributed by atoms with Crippen molar-refractivity contribution >= 4 is 16.6 Å². The first-order chi connectivity index (χ1) is 11.1. The fourth-order valence-corrected chi connectivity index (χ4v) is 5.07. The summed E-state index contributed by atoms with van der Waals surface area (Å²) in [6.45, 7) is 14.9. The molecule has 132 valence electrons. The summed E-state index contributed by atoms with van der Waals surface area (Å²) in [5.74, 6) is 1.20. The minimum atomic E-state index is -1.38. The molecule has 0 heterocycles. The van der Waals surface area contributed by atoms with E-state index in [1.807, 2.05) is 13.0 Å². The van der Waals surface area contributed by atoms with Gasteiger partial charge in [0.25, 0.3) is 0 Å². The molecule has 1 aliphatic carbocycles. The Bertz CT molecular complexity index is 667. The topological polar surface area (TPSA) is 34.1 Å². The predicted octanol–water partition coefficient (Wildman–Crippen LogP) is 5.66. The summed E-state index contributed by atoms with van der Waals surface area (Å²) in [6.07, 6.45) is 2.39. The summed E-state index contributed by atoms with van der Waals surface area (Å²) < 4.78 is 13.4. The molecule has 1 aromatic carbocycles. The zero-order chi connectivity index (χ0) is 18.2. The van der Waals surface area contributed by atoms with Gasteiger partial charge in [0, 0.05) is 6.42 Å². The molecule has 0 spiro atoms. The zero-order valence-electron chi connectivity index (χ0n) is 16.0. The number of rotatable bonds is 5. The minimum Gasteiger partial charge on any atom is -0.293 e. The Morgan fingerprint density at radius 2 is 1.46 bits per heavy atom. The molecule has 0 aromatic heterocycles. The number of hydrogen-bond acceptors (Lipinski definition) is 2. The lowest BCUT2D eigenvalue weighted by Crippen LogP contribution is -2.12. The number of ketones is 1. The molecule has 0 saturated carbocycles. The molecule has 3 heteroatoms. The molecule has 2 rings (SSSR count). The normalized spacial score (nSPS) is 19.5. The fraction of sp³-hybridized carbons (Fsp3) is 0.571. The number of benzene rings is 1. The van der Waals surface area contributed by atoms with Crippen LogP contribution in [0.1, 0.15) is 89.3 Å². The number of carbonyl (C=O) groups excluding carboxylic acids is 1. The van der Waals surface area contributed by atoms with Gasteiger partial charge in [0.2, 0.25) is 0 Å². The van der Waals surface area contributed by atoms with Gasteiger partial charge in [0.05, 0.1) is 20.6 Å². The van der Waals surface area contributed by atoms with Crippen molar-refractivity contribution in [1.29, 1.82) is 0 Å². The van der Waals surface area contributed by atoms with Crippen LogP contribution in [0.25, 0.3) is 0 Å². The average Bonchev–Trinajstić information content (AvgIpc) is 2.83. The molecule has 2 atom stereocenters. The summed E-state index contributed by atoms with van der Waals surface area (Å²) in [7, 11) is -1.38. The third-order valence-corrected chi connectivity index (χ3v) is 6.29. The number of allylic oxidation sites excluding steroid dienone is 2. The van der Waals surface area contributed by atoms with Gasteiger partial charge in [-0.1, -0.05) is 66.7 Å². The lowest BCUT2D eigenvalue weighted by atomic mass is 9.89. The van der Waals surface area contributed by atoms with Crippen molar-refractivity contribution in [2.24, 2.45) is 5.92 Å². The van der Waals surface area contributed by atoms with Gasteiger partial charge < -0.3 is 0 Å². The van der Waals surface area contributed by atoms with Crippen molar-refractivity contribution < 1.29 is 9.00 Å². The maximum Gasteiger partial charge on any atom is 0.172 e. The highest BCUT2D eigenvalue weighted by Crippen LogP contribution is 2.37. The lowest BCUT2D eigenvalue weighted by molar-refractivity contribution is -0.114. The molecule has 2 nitrogen and oxygen atoms in total. The molecule has 0 aliphatic heterocycles. The number of carbonyl (C=O) groups is 1. The Morgan fingerprint density at radius 3 is 1.79 bits per heavy atom. The Labute approximate surface area is 149 Å². The smallest absolute Gasteiger partial charge is 0.172 e. The minimum absolute atomic E-state index is 0.0400. The SMILES string of the molecule is CC(C)c1cc(C(C)C)c([S@](=O)C2=C[C@@H](C)CC2=O)c(C(C)C)c1. The first-order valence-electron chi connectivity index (χ1n) is 8.98. The summed E-state index contributed by atoms with van der Waals surface area (Å²) in [6, 6.07) is 4.38. The second-order valence-corrected chi connectivity index (χ2v) is 9.28. The first-order valence-corrected chi connectivity index (χ1v) is 10.1. The van der Waals surface area contributed by atoms with Crippen LogP contribution in [0.15, 0.2) is 28.0 Å². The quantitative estimate of drug-likeness (QED) is 0.689. The van der Waals surface area contributed by atoms with Crippen LogP contribution in [0.3, 0.4) is 0 Å². The fourth-order valence-electron chi connectivity index (χ4n) is 3.18. The van der Waals surface area contributed by atoms with E-state index < -0.39 is 10.8 Å². The standard InChI is InChI=1S/C21H30O2S/c1-12(2)16-10-17(13(3)4)21(18(11-16)14(5)6)24(23)20-9-15(7)8-19(20)22/h9-15H,8H2,1-7H3/t15-,24+/m0/s1. The molecule has 0 N–H and O–H groups in total. The highest BCUT2D eigenvalue weighted by atomic mass is 32.2. The van der Waals surface area contributed by atoms with Gasteiger partial charge in [0.15, 0.2) is 5.78 Å². The third-order valence-electron chi connectivity index (χ3n) is 4.68. The van der Waals surface area contributed by atoms with E-state index in [2.05, 4.69) is 53.7 Å². The Hall–Kier alpha value is -1.22. The summed E-state index contributed by atoms with van der Waals surface area (Å²) in [4.78, 5) is 13.7. The van der Waals surface area contributed by atoms with E-state index in [1.54, 1.807) is 0 Å². The Balaban J connectivity index is 2.69. The number of hydrogen-bond donors (Lipinski definition) is 0. The maximum absolute atomic E-state index is 13.4. The van der Waals surface area contributed by atoms with Crippen molar-refractivity contribution in [2.45, 2.75) is 77.5 Å². The molecular weight excluding hydrogens is 316 g/mol. The van der Waals surface area contributed by atoms with Crippen LogP contribution >= 0.6 is 0 Å². The monoisotopic (exact) mass is 346 g/mol. The third kappa shape index (κ3) is 3.72. The maximum atomic E-state index is 13.4. The van der Waals surface area contributed by atoms with Gasteiger partial charge in [-0.2, -0.15) is 0 Å². The van der Waals surface area contributed by atoms with Crippen molar-refractivity contribution in [3.63, 3.8) is 0 Å². The second kappa shape index (κ2) is 7.35. The molecule has 0 unspecified atom stereocenters. The Morgan fingerprint density at radius 1 is 0.958 bits per heavy atom. The van der Waals surface area contributed by atoms with Gasteiger partial charge in [-0.3, -0.25) is 4.79 Å². The molecule has 0 fully saturated rings. The van der Waals surface area contributed by atoms with E-state index in [1.165, 1.54) is 5.56 Å². The molecule has 1 aliphatic rings. The number of Topliss-reactive ketones (excluding diaryl/α,β-unsaturated/α-hetero) is 1.